The van der Waals surface area contributed by atoms with Crippen LogP contribution in [0.3, 0.4) is 0 Å². The van der Waals surface area contributed by atoms with Crippen molar-refractivity contribution in [2.24, 2.45) is 0 Å². The first-order valence-corrected chi connectivity index (χ1v) is 6.29. The second-order valence-electron chi connectivity index (χ2n) is 3.06. The molecule has 0 saturated heterocycles. The van der Waals surface area contributed by atoms with Gasteiger partial charge in [0.05, 0.1) is 0 Å². The van der Waals surface area contributed by atoms with E-state index in [9.17, 15) is 0 Å². The van der Waals surface area contributed by atoms with Gasteiger partial charge in [-0.25, -0.2) is 9.97 Å². The van der Waals surface area contributed by atoms with Gasteiger partial charge >= 0.3 is 0 Å². The molecule has 2 aromatic rings. The van der Waals surface area contributed by atoms with Crippen LogP contribution in [0, 0.1) is 6.92 Å². The largest absolute Gasteiger partial charge is 0.373 e. The Labute approximate surface area is 102 Å². The number of nitrogens with one attached hydrogen (secondary N) is 1. The molecule has 0 bridgehead atoms. The zero-order valence-electron chi connectivity index (χ0n) is 8.89. The summed E-state index contributed by atoms with van der Waals surface area (Å²) in [4.78, 5) is 12.5. The lowest BCUT2D eigenvalue weighted by molar-refractivity contribution is 1.06. The van der Waals surface area contributed by atoms with Gasteiger partial charge in [-0.3, -0.25) is 0 Å². The molecule has 0 aliphatic carbocycles. The molecule has 2 heterocycles. The van der Waals surface area contributed by atoms with Crippen LogP contribution in [0.5, 0.6) is 0 Å². The molecule has 7 heteroatoms. The second-order valence-corrected chi connectivity index (χ2v) is 5.18. The van der Waals surface area contributed by atoms with Crippen LogP contribution in [0.2, 0.25) is 0 Å². The Balaban J connectivity index is 2.24. The maximum Gasteiger partial charge on any atom is 0.223 e. The molecule has 84 valence electrons. The van der Waals surface area contributed by atoms with Crippen LogP contribution >= 0.6 is 23.1 Å². The standard InChI is InChI=1S/C9H11N5S2/c1-5-4-15-9(12-5)16-7-3-6(11-2)13-8(10)14-7/h3-4H,1-2H3,(H3,10,11,13,14). The average Bonchev–Trinajstić information content (AvgIpc) is 2.63. The van der Waals surface area contributed by atoms with E-state index in [1.165, 1.54) is 11.8 Å². The minimum atomic E-state index is 0.266. The summed E-state index contributed by atoms with van der Waals surface area (Å²) >= 11 is 3.08. The minimum absolute atomic E-state index is 0.266. The second kappa shape index (κ2) is 4.67. The van der Waals surface area contributed by atoms with Gasteiger partial charge in [0.15, 0.2) is 4.34 Å². The fraction of sp³-hybridized carbons (Fsp3) is 0.222. The highest BCUT2D eigenvalue weighted by Crippen LogP contribution is 2.30. The van der Waals surface area contributed by atoms with Crippen molar-refractivity contribution in [2.75, 3.05) is 18.1 Å². The van der Waals surface area contributed by atoms with E-state index in [-0.39, 0.29) is 5.95 Å². The molecule has 5 nitrogen and oxygen atoms in total. The van der Waals surface area contributed by atoms with Crippen LogP contribution in [0.4, 0.5) is 11.8 Å². The molecule has 0 unspecified atom stereocenters. The van der Waals surface area contributed by atoms with Gasteiger partial charge in [0, 0.05) is 24.2 Å². The summed E-state index contributed by atoms with van der Waals surface area (Å²) in [6.07, 6.45) is 0. The van der Waals surface area contributed by atoms with Gasteiger partial charge in [-0.05, 0) is 18.7 Å². The highest BCUT2D eigenvalue weighted by atomic mass is 32.2. The summed E-state index contributed by atoms with van der Waals surface area (Å²) in [6, 6.07) is 1.84. The molecular weight excluding hydrogens is 242 g/mol. The number of hydrogen-bond acceptors (Lipinski definition) is 7. The number of anilines is 2. The monoisotopic (exact) mass is 253 g/mol. The van der Waals surface area contributed by atoms with E-state index >= 15 is 0 Å². The first-order chi connectivity index (χ1) is 7.67. The van der Waals surface area contributed by atoms with Crippen molar-refractivity contribution in [1.82, 2.24) is 15.0 Å². The molecule has 0 spiro atoms. The SMILES string of the molecule is CNc1cc(Sc2nc(C)cs2)nc(N)n1. The molecule has 0 radical (unpaired) electrons. The number of aryl methyl sites for hydroxylation is 1. The fourth-order valence-electron chi connectivity index (χ4n) is 1.09. The van der Waals surface area contributed by atoms with Crippen LogP contribution in [0.1, 0.15) is 5.69 Å². The van der Waals surface area contributed by atoms with Crippen LogP contribution in [-0.4, -0.2) is 22.0 Å². The van der Waals surface area contributed by atoms with Crippen molar-refractivity contribution in [3.05, 3.63) is 17.1 Å². The van der Waals surface area contributed by atoms with Crippen LogP contribution in [-0.2, 0) is 0 Å². The quantitative estimate of drug-likeness (QED) is 0.815. The molecule has 0 aliphatic heterocycles. The van der Waals surface area contributed by atoms with Crippen LogP contribution < -0.4 is 11.1 Å². The van der Waals surface area contributed by atoms with E-state index in [0.717, 1.165) is 15.1 Å². The van der Waals surface area contributed by atoms with Gasteiger partial charge < -0.3 is 11.1 Å². The highest BCUT2D eigenvalue weighted by molar-refractivity contribution is 8.01. The average molecular weight is 253 g/mol. The van der Waals surface area contributed by atoms with Gasteiger partial charge in [-0.1, -0.05) is 0 Å². The first kappa shape index (κ1) is 11.2. The number of aromatic nitrogens is 3. The lowest BCUT2D eigenvalue weighted by atomic mass is 10.6. The summed E-state index contributed by atoms with van der Waals surface area (Å²) in [6.45, 7) is 1.97. The van der Waals surface area contributed by atoms with Gasteiger partial charge in [0.2, 0.25) is 5.95 Å². The van der Waals surface area contributed by atoms with Crippen molar-refractivity contribution < 1.29 is 0 Å². The smallest absolute Gasteiger partial charge is 0.223 e. The van der Waals surface area contributed by atoms with Gasteiger partial charge in [0.25, 0.3) is 0 Å². The van der Waals surface area contributed by atoms with Crippen molar-refractivity contribution >= 4 is 34.9 Å². The highest BCUT2D eigenvalue weighted by Gasteiger charge is 2.06. The topological polar surface area (TPSA) is 76.7 Å². The molecule has 0 atom stereocenters. The third-order valence-corrected chi connectivity index (χ3v) is 3.74. The molecule has 0 amide bonds. The first-order valence-electron chi connectivity index (χ1n) is 4.59. The number of nitrogens with zero attached hydrogens (tertiary/aromatic N) is 3. The lowest BCUT2D eigenvalue weighted by Crippen LogP contribution is -2.00. The van der Waals surface area contributed by atoms with Gasteiger partial charge in [-0.15, -0.1) is 11.3 Å². The maximum atomic E-state index is 5.60. The van der Waals surface area contributed by atoms with Crippen LogP contribution in [0.25, 0.3) is 0 Å². The zero-order valence-corrected chi connectivity index (χ0v) is 10.5. The Morgan fingerprint density at radius 1 is 1.38 bits per heavy atom. The summed E-state index contributed by atoms with van der Waals surface area (Å²) in [5, 5.41) is 5.74. The Morgan fingerprint density at radius 2 is 2.19 bits per heavy atom. The Morgan fingerprint density at radius 3 is 2.81 bits per heavy atom. The van der Waals surface area contributed by atoms with Crippen molar-refractivity contribution in [3.63, 3.8) is 0 Å². The number of nitrogens with two attached hydrogens (primary N) is 1. The van der Waals surface area contributed by atoms with Crippen molar-refractivity contribution in [1.29, 1.82) is 0 Å². The fourth-order valence-corrected chi connectivity index (χ4v) is 2.88. The van der Waals surface area contributed by atoms with E-state index < -0.39 is 0 Å². The third kappa shape index (κ3) is 2.61. The van der Waals surface area contributed by atoms with E-state index in [1.807, 2.05) is 18.4 Å². The lowest BCUT2D eigenvalue weighted by Gasteiger charge is -2.02. The predicted molar refractivity (Wildman–Crippen MR) is 67.0 cm³/mol. The molecule has 2 rings (SSSR count). The molecule has 0 fully saturated rings. The van der Waals surface area contributed by atoms with E-state index in [1.54, 1.807) is 18.4 Å². The van der Waals surface area contributed by atoms with Gasteiger partial charge in [-0.2, -0.15) is 4.98 Å². The number of nitrogen functional groups attached to an aromatic ring is 1. The molecule has 0 aliphatic rings. The summed E-state index contributed by atoms with van der Waals surface area (Å²) in [7, 11) is 1.80. The number of hydrogen-bond donors (Lipinski definition) is 2. The third-order valence-electron chi connectivity index (χ3n) is 1.77. The molecule has 0 saturated carbocycles. The summed E-state index contributed by atoms with van der Waals surface area (Å²) in [5.41, 5.74) is 6.62. The summed E-state index contributed by atoms with van der Waals surface area (Å²) in [5.74, 6) is 0.978. The predicted octanol–water partition coefficient (Wildman–Crippen LogP) is 2.02. The Hall–Kier alpha value is -1.34. The number of thiazole rings is 1. The molecule has 2 aromatic heterocycles. The van der Waals surface area contributed by atoms with Crippen molar-refractivity contribution in [2.45, 2.75) is 16.3 Å². The van der Waals surface area contributed by atoms with Gasteiger partial charge in [0.1, 0.15) is 10.8 Å². The molecule has 3 N–H and O–H groups in total. The Bertz CT molecular complexity index is 496. The van der Waals surface area contributed by atoms with E-state index in [2.05, 4.69) is 20.3 Å². The zero-order chi connectivity index (χ0) is 11.5. The van der Waals surface area contributed by atoms with Crippen LogP contribution in [0.15, 0.2) is 20.8 Å². The normalized spacial score (nSPS) is 10.4. The Kier molecular flexibility index (Phi) is 3.25. The molecule has 0 aromatic carbocycles. The minimum Gasteiger partial charge on any atom is -0.373 e. The summed E-state index contributed by atoms with van der Waals surface area (Å²) < 4.78 is 0.956. The number of rotatable bonds is 3. The molecular formula is C9H11N5S2. The van der Waals surface area contributed by atoms with E-state index in [4.69, 9.17) is 5.73 Å². The van der Waals surface area contributed by atoms with E-state index in [0.29, 0.717) is 5.82 Å². The molecule has 16 heavy (non-hydrogen) atoms. The maximum absolute atomic E-state index is 5.60. The van der Waals surface area contributed by atoms with Crippen molar-refractivity contribution in [3.8, 4) is 0 Å².